The van der Waals surface area contributed by atoms with Crippen LogP contribution < -0.4 is 15.4 Å². The third-order valence-electron chi connectivity index (χ3n) is 5.26. The van der Waals surface area contributed by atoms with E-state index in [-0.39, 0.29) is 6.54 Å². The van der Waals surface area contributed by atoms with E-state index in [4.69, 9.17) is 4.74 Å². The van der Waals surface area contributed by atoms with Gasteiger partial charge in [-0.2, -0.15) is 0 Å². The maximum atomic E-state index is 13.2. The second-order valence-electron chi connectivity index (χ2n) is 7.18. The lowest BCUT2D eigenvalue weighted by molar-refractivity contribution is -0.134. The van der Waals surface area contributed by atoms with Crippen LogP contribution in [0.2, 0.25) is 0 Å². The summed E-state index contributed by atoms with van der Waals surface area (Å²) in [6.07, 6.45) is 0.360. The van der Waals surface area contributed by atoms with Crippen molar-refractivity contribution in [1.82, 2.24) is 10.2 Å². The van der Waals surface area contributed by atoms with Gasteiger partial charge in [0, 0.05) is 5.69 Å². The fraction of sp³-hybridized carbons (Fsp3) is 0.318. The van der Waals surface area contributed by atoms with Crippen LogP contribution in [-0.2, 0) is 15.1 Å². The molecular weight excluding hydrogens is 370 g/mol. The first-order chi connectivity index (χ1) is 13.8. The van der Waals surface area contributed by atoms with E-state index in [0.717, 1.165) is 16.0 Å². The molecule has 0 saturated carbocycles. The molecule has 7 nitrogen and oxygen atoms in total. The number of carbonyl (C=O) groups is 3. The quantitative estimate of drug-likeness (QED) is 0.736. The molecule has 3 rings (SSSR count). The predicted octanol–water partition coefficient (Wildman–Crippen LogP) is 3.11. The molecule has 2 aromatic rings. The van der Waals surface area contributed by atoms with Crippen LogP contribution in [0.5, 0.6) is 5.75 Å². The molecule has 2 N–H and O–H groups in total. The van der Waals surface area contributed by atoms with Gasteiger partial charge < -0.3 is 15.4 Å². The summed E-state index contributed by atoms with van der Waals surface area (Å²) in [7, 11) is 1.56. The van der Waals surface area contributed by atoms with Gasteiger partial charge in [0.05, 0.1) is 7.11 Å². The van der Waals surface area contributed by atoms with Crippen molar-refractivity contribution in [2.75, 3.05) is 19.0 Å². The van der Waals surface area contributed by atoms with Crippen molar-refractivity contribution < 1.29 is 19.1 Å². The number of amides is 4. The molecule has 152 valence electrons. The Hall–Kier alpha value is -3.35. The molecule has 1 aliphatic rings. The second-order valence-corrected chi connectivity index (χ2v) is 7.18. The minimum absolute atomic E-state index is 0.351. The maximum absolute atomic E-state index is 13.2. The van der Waals surface area contributed by atoms with Gasteiger partial charge in [0.1, 0.15) is 17.8 Å². The monoisotopic (exact) mass is 395 g/mol. The van der Waals surface area contributed by atoms with Crippen molar-refractivity contribution in [3.63, 3.8) is 0 Å². The van der Waals surface area contributed by atoms with Crippen molar-refractivity contribution in [2.45, 2.75) is 32.7 Å². The van der Waals surface area contributed by atoms with Crippen molar-refractivity contribution >= 4 is 23.5 Å². The number of rotatable bonds is 6. The Bertz CT molecular complexity index is 955. The van der Waals surface area contributed by atoms with Crippen molar-refractivity contribution in [3.05, 3.63) is 59.2 Å². The molecule has 0 bridgehead atoms. The highest BCUT2D eigenvalue weighted by molar-refractivity contribution is 6.10. The predicted molar refractivity (Wildman–Crippen MR) is 110 cm³/mol. The molecule has 1 heterocycles. The Kier molecular flexibility index (Phi) is 5.59. The SMILES string of the molecule is CCC1(c2ccc(OC)cc2)NC(=O)N(CC(=O)Nc2cc(C)ccc2C)C1=O. The number of anilines is 1. The second kappa shape index (κ2) is 7.95. The summed E-state index contributed by atoms with van der Waals surface area (Å²) in [5.74, 6) is -0.211. The molecule has 0 spiro atoms. The van der Waals surface area contributed by atoms with E-state index in [1.54, 1.807) is 31.4 Å². The number of nitrogens with one attached hydrogen (secondary N) is 2. The number of benzene rings is 2. The molecule has 1 saturated heterocycles. The van der Waals surface area contributed by atoms with Gasteiger partial charge in [-0.05, 0) is 55.2 Å². The van der Waals surface area contributed by atoms with Crippen LogP contribution in [0.3, 0.4) is 0 Å². The smallest absolute Gasteiger partial charge is 0.325 e. The molecule has 1 unspecified atom stereocenters. The summed E-state index contributed by atoms with van der Waals surface area (Å²) in [4.78, 5) is 39.2. The van der Waals surface area contributed by atoms with E-state index in [1.165, 1.54) is 0 Å². The van der Waals surface area contributed by atoms with Crippen LogP contribution in [0.15, 0.2) is 42.5 Å². The molecule has 7 heteroatoms. The average molecular weight is 395 g/mol. The molecular formula is C22H25N3O4. The Morgan fingerprint density at radius 2 is 1.83 bits per heavy atom. The van der Waals surface area contributed by atoms with Gasteiger partial charge in [-0.3, -0.25) is 14.5 Å². The first kappa shape index (κ1) is 20.4. The minimum Gasteiger partial charge on any atom is -0.497 e. The van der Waals surface area contributed by atoms with Crippen LogP contribution in [0.4, 0.5) is 10.5 Å². The number of hydrogen-bond acceptors (Lipinski definition) is 4. The van der Waals surface area contributed by atoms with Gasteiger partial charge in [-0.15, -0.1) is 0 Å². The summed E-state index contributed by atoms with van der Waals surface area (Å²) in [5, 5.41) is 5.57. The van der Waals surface area contributed by atoms with E-state index >= 15 is 0 Å². The Labute approximate surface area is 170 Å². The zero-order valence-electron chi connectivity index (χ0n) is 17.0. The van der Waals surface area contributed by atoms with Gasteiger partial charge >= 0.3 is 6.03 Å². The normalized spacial score (nSPS) is 18.6. The third kappa shape index (κ3) is 3.81. The summed E-state index contributed by atoms with van der Waals surface area (Å²) >= 11 is 0. The molecule has 0 aromatic heterocycles. The van der Waals surface area contributed by atoms with Gasteiger partial charge in [-0.25, -0.2) is 4.79 Å². The molecule has 1 atom stereocenters. The summed E-state index contributed by atoms with van der Waals surface area (Å²) < 4.78 is 5.16. The zero-order valence-corrected chi connectivity index (χ0v) is 17.0. The number of aryl methyl sites for hydroxylation is 2. The number of hydrogen-bond donors (Lipinski definition) is 2. The minimum atomic E-state index is -1.19. The molecule has 4 amide bonds. The molecule has 0 aliphatic carbocycles. The van der Waals surface area contributed by atoms with Gasteiger partial charge in [0.25, 0.3) is 5.91 Å². The standard InChI is InChI=1S/C22H25N3O4/c1-5-22(16-8-10-17(29-4)11-9-16)20(27)25(21(28)24-22)13-19(26)23-18-12-14(2)6-7-15(18)3/h6-12H,5,13H2,1-4H3,(H,23,26)(H,24,28). The van der Waals surface area contributed by atoms with E-state index in [1.807, 2.05) is 39.0 Å². The number of imide groups is 1. The molecule has 1 fully saturated rings. The number of methoxy groups -OCH3 is 1. The van der Waals surface area contributed by atoms with Crippen LogP contribution in [0, 0.1) is 13.8 Å². The first-order valence-corrected chi connectivity index (χ1v) is 9.46. The largest absolute Gasteiger partial charge is 0.497 e. The zero-order chi connectivity index (χ0) is 21.2. The molecule has 29 heavy (non-hydrogen) atoms. The Morgan fingerprint density at radius 3 is 2.45 bits per heavy atom. The van der Waals surface area contributed by atoms with Crippen molar-refractivity contribution in [1.29, 1.82) is 0 Å². The topological polar surface area (TPSA) is 87.7 Å². The lowest BCUT2D eigenvalue weighted by Crippen LogP contribution is -2.44. The Morgan fingerprint density at radius 1 is 1.14 bits per heavy atom. The van der Waals surface area contributed by atoms with Crippen molar-refractivity contribution in [2.24, 2.45) is 0 Å². The fourth-order valence-corrected chi connectivity index (χ4v) is 3.49. The fourth-order valence-electron chi connectivity index (χ4n) is 3.49. The average Bonchev–Trinajstić information content (AvgIpc) is 2.96. The lowest BCUT2D eigenvalue weighted by Gasteiger charge is -2.26. The van der Waals surface area contributed by atoms with Gasteiger partial charge in [0.15, 0.2) is 0 Å². The number of nitrogens with zero attached hydrogens (tertiary/aromatic N) is 1. The van der Waals surface area contributed by atoms with E-state index < -0.39 is 23.4 Å². The summed E-state index contributed by atoms with van der Waals surface area (Å²) in [6, 6.07) is 12.1. The van der Waals surface area contributed by atoms with Gasteiger partial charge in [0.2, 0.25) is 5.91 Å². The number of ether oxygens (including phenoxy) is 1. The van der Waals surface area contributed by atoms with Gasteiger partial charge in [-0.1, -0.05) is 31.2 Å². The third-order valence-corrected chi connectivity index (χ3v) is 5.26. The Balaban J connectivity index is 1.80. The maximum Gasteiger partial charge on any atom is 0.325 e. The van der Waals surface area contributed by atoms with Crippen LogP contribution >= 0.6 is 0 Å². The summed E-state index contributed by atoms with van der Waals surface area (Å²) in [6.45, 7) is 5.28. The highest BCUT2D eigenvalue weighted by Gasteiger charge is 2.51. The van der Waals surface area contributed by atoms with Crippen LogP contribution in [-0.4, -0.2) is 36.4 Å². The highest BCUT2D eigenvalue weighted by Crippen LogP contribution is 2.33. The van der Waals surface area contributed by atoms with Crippen LogP contribution in [0.25, 0.3) is 0 Å². The number of urea groups is 1. The molecule has 2 aromatic carbocycles. The molecule has 1 aliphatic heterocycles. The first-order valence-electron chi connectivity index (χ1n) is 9.46. The number of carbonyl (C=O) groups excluding carboxylic acids is 3. The van der Waals surface area contributed by atoms with Crippen LogP contribution in [0.1, 0.15) is 30.0 Å². The summed E-state index contributed by atoms with van der Waals surface area (Å²) in [5.41, 5.74) is 2.03. The molecule has 0 radical (unpaired) electrons. The van der Waals surface area contributed by atoms with E-state index in [9.17, 15) is 14.4 Å². The highest BCUT2D eigenvalue weighted by atomic mass is 16.5. The van der Waals surface area contributed by atoms with E-state index in [2.05, 4.69) is 10.6 Å². The van der Waals surface area contributed by atoms with Crippen molar-refractivity contribution in [3.8, 4) is 5.75 Å². The van der Waals surface area contributed by atoms with E-state index in [0.29, 0.717) is 23.4 Å². The lowest BCUT2D eigenvalue weighted by atomic mass is 9.87.